The number of nitrogens with zero attached hydrogens (tertiary/aromatic N) is 1. The van der Waals surface area contributed by atoms with E-state index in [9.17, 15) is 22.4 Å². The lowest BCUT2D eigenvalue weighted by Crippen LogP contribution is -2.62. The van der Waals surface area contributed by atoms with Crippen molar-refractivity contribution in [2.24, 2.45) is 17.3 Å². The molecule has 1 N–H and O–H groups in total. The van der Waals surface area contributed by atoms with Gasteiger partial charge in [-0.15, -0.1) is 0 Å². The van der Waals surface area contributed by atoms with Crippen LogP contribution in [0.15, 0.2) is 48.5 Å². The number of allylic oxidation sites excluding steroid dienone is 1. The molecular formula is C30H34F4N2O. The number of piperidine rings is 1. The van der Waals surface area contributed by atoms with Gasteiger partial charge in [0.2, 0.25) is 5.91 Å². The maximum atomic E-state index is 13.8. The van der Waals surface area contributed by atoms with Gasteiger partial charge in [-0.1, -0.05) is 57.2 Å². The van der Waals surface area contributed by atoms with E-state index in [2.05, 4.69) is 53.6 Å². The number of benzene rings is 2. The van der Waals surface area contributed by atoms with Crippen molar-refractivity contribution in [3.8, 4) is 0 Å². The second kappa shape index (κ2) is 9.26. The van der Waals surface area contributed by atoms with Crippen LogP contribution >= 0.6 is 0 Å². The maximum Gasteiger partial charge on any atom is 0.416 e. The Hall–Kier alpha value is -2.67. The number of halogens is 4. The lowest BCUT2D eigenvalue weighted by Gasteiger charge is -2.56. The van der Waals surface area contributed by atoms with Gasteiger partial charge >= 0.3 is 6.18 Å². The molecule has 3 nitrogen and oxygen atoms in total. The van der Waals surface area contributed by atoms with Crippen molar-refractivity contribution < 1.29 is 22.4 Å². The fourth-order valence-electron chi connectivity index (χ4n) is 6.79. The van der Waals surface area contributed by atoms with E-state index < -0.39 is 23.0 Å². The first-order chi connectivity index (χ1) is 17.4. The SMILES string of the molecule is CC(C)C1(C(=O)NCc2cc(F)cc(C(F)(F)F)c2)CC(N2CC[C@@]3(C=Cc4ccccc43)[C@@H](C)C2)C1. The summed E-state index contributed by atoms with van der Waals surface area (Å²) in [4.78, 5) is 15.8. The fourth-order valence-corrected chi connectivity index (χ4v) is 6.79. The molecule has 5 rings (SSSR count). The van der Waals surface area contributed by atoms with E-state index in [0.717, 1.165) is 44.5 Å². The normalized spacial score (nSPS) is 29.4. The molecule has 37 heavy (non-hydrogen) atoms. The third-order valence-electron chi connectivity index (χ3n) is 9.23. The minimum absolute atomic E-state index is 0.0730. The van der Waals surface area contributed by atoms with Gasteiger partial charge in [-0.3, -0.25) is 9.69 Å². The number of likely N-dealkylation sites (tertiary alicyclic amines) is 1. The van der Waals surface area contributed by atoms with Crippen LogP contribution in [0.3, 0.4) is 0 Å². The van der Waals surface area contributed by atoms with Crippen molar-refractivity contribution in [1.29, 1.82) is 0 Å². The molecule has 2 aromatic carbocycles. The third-order valence-corrected chi connectivity index (χ3v) is 9.23. The molecule has 198 valence electrons. The van der Waals surface area contributed by atoms with Gasteiger partial charge in [0, 0.05) is 24.5 Å². The second-order valence-electron chi connectivity index (χ2n) is 11.5. The van der Waals surface area contributed by atoms with Crippen LogP contribution in [0.2, 0.25) is 0 Å². The topological polar surface area (TPSA) is 32.3 Å². The summed E-state index contributed by atoms with van der Waals surface area (Å²) < 4.78 is 53.0. The van der Waals surface area contributed by atoms with E-state index in [4.69, 9.17) is 0 Å². The molecule has 1 aliphatic heterocycles. The van der Waals surface area contributed by atoms with Gasteiger partial charge < -0.3 is 5.32 Å². The summed E-state index contributed by atoms with van der Waals surface area (Å²) in [5.41, 5.74) is 1.29. The molecule has 1 amide bonds. The molecule has 2 fully saturated rings. The van der Waals surface area contributed by atoms with Crippen LogP contribution in [-0.4, -0.2) is 29.9 Å². The summed E-state index contributed by atoms with van der Waals surface area (Å²) >= 11 is 0. The quantitative estimate of drug-likeness (QED) is 0.458. The molecule has 7 heteroatoms. The monoisotopic (exact) mass is 514 g/mol. The van der Waals surface area contributed by atoms with Crippen molar-refractivity contribution in [3.05, 3.63) is 76.6 Å². The van der Waals surface area contributed by atoms with E-state index in [1.807, 2.05) is 13.8 Å². The second-order valence-corrected chi connectivity index (χ2v) is 11.5. The minimum Gasteiger partial charge on any atom is -0.352 e. The fraction of sp³-hybridized carbons (Fsp3) is 0.500. The van der Waals surface area contributed by atoms with Gasteiger partial charge in [0.15, 0.2) is 0 Å². The molecular weight excluding hydrogens is 480 g/mol. The van der Waals surface area contributed by atoms with Crippen LogP contribution < -0.4 is 5.32 Å². The number of alkyl halides is 3. The maximum absolute atomic E-state index is 13.8. The first-order valence-electron chi connectivity index (χ1n) is 13.1. The van der Waals surface area contributed by atoms with Crippen LogP contribution in [0.25, 0.3) is 6.08 Å². The number of nitrogens with one attached hydrogen (secondary N) is 1. The molecule has 0 unspecified atom stereocenters. The third kappa shape index (κ3) is 4.49. The molecule has 2 atom stereocenters. The van der Waals surface area contributed by atoms with Crippen molar-refractivity contribution >= 4 is 12.0 Å². The van der Waals surface area contributed by atoms with Crippen LogP contribution in [0.5, 0.6) is 0 Å². The van der Waals surface area contributed by atoms with Crippen LogP contribution in [0, 0.1) is 23.1 Å². The highest BCUT2D eigenvalue weighted by Crippen LogP contribution is 2.53. The van der Waals surface area contributed by atoms with E-state index in [-0.39, 0.29) is 29.3 Å². The Labute approximate surface area is 215 Å². The zero-order valence-corrected chi connectivity index (χ0v) is 21.5. The highest BCUT2D eigenvalue weighted by molar-refractivity contribution is 5.84. The zero-order valence-electron chi connectivity index (χ0n) is 21.5. The number of carbonyl (C=O) groups is 1. The van der Waals surface area contributed by atoms with Gasteiger partial charge in [-0.05, 0) is 72.5 Å². The number of carbonyl (C=O) groups excluding carboxylic acids is 1. The number of amides is 1. The van der Waals surface area contributed by atoms with E-state index in [1.54, 1.807) is 0 Å². The van der Waals surface area contributed by atoms with E-state index in [0.29, 0.717) is 18.0 Å². The zero-order chi connectivity index (χ0) is 26.6. The first kappa shape index (κ1) is 26.0. The van der Waals surface area contributed by atoms with Crippen molar-refractivity contribution in [3.63, 3.8) is 0 Å². The van der Waals surface area contributed by atoms with Crippen molar-refractivity contribution in [2.45, 2.75) is 64.2 Å². The number of hydrogen-bond acceptors (Lipinski definition) is 2. The largest absolute Gasteiger partial charge is 0.416 e. The predicted molar refractivity (Wildman–Crippen MR) is 136 cm³/mol. The Bertz CT molecular complexity index is 1210. The smallest absolute Gasteiger partial charge is 0.352 e. The molecule has 2 aliphatic carbocycles. The van der Waals surface area contributed by atoms with E-state index in [1.165, 1.54) is 11.1 Å². The summed E-state index contributed by atoms with van der Waals surface area (Å²) in [6.45, 7) is 8.15. The molecule has 1 spiro atoms. The molecule has 3 aliphatic rings. The Balaban J connectivity index is 1.22. The van der Waals surface area contributed by atoms with E-state index >= 15 is 0 Å². The molecule has 0 aromatic heterocycles. The summed E-state index contributed by atoms with van der Waals surface area (Å²) in [5, 5.41) is 2.81. The van der Waals surface area contributed by atoms with Crippen molar-refractivity contribution in [1.82, 2.24) is 10.2 Å². The average Bonchev–Trinajstić information content (AvgIpc) is 3.18. The summed E-state index contributed by atoms with van der Waals surface area (Å²) in [6.07, 6.45) is 2.47. The average molecular weight is 515 g/mol. The van der Waals surface area contributed by atoms with Gasteiger partial charge in [-0.2, -0.15) is 13.2 Å². The Kier molecular flexibility index (Phi) is 6.50. The Morgan fingerprint density at radius 1 is 1.16 bits per heavy atom. The lowest BCUT2D eigenvalue weighted by molar-refractivity contribution is -0.147. The minimum atomic E-state index is -4.64. The summed E-state index contributed by atoms with van der Waals surface area (Å²) in [5.74, 6) is -0.594. The van der Waals surface area contributed by atoms with Crippen LogP contribution in [0.1, 0.15) is 62.3 Å². The first-order valence-corrected chi connectivity index (χ1v) is 13.1. The van der Waals surface area contributed by atoms with Gasteiger partial charge in [0.25, 0.3) is 0 Å². The lowest BCUT2D eigenvalue weighted by atomic mass is 9.57. The highest BCUT2D eigenvalue weighted by atomic mass is 19.4. The molecule has 0 radical (unpaired) electrons. The Morgan fingerprint density at radius 2 is 1.89 bits per heavy atom. The predicted octanol–water partition coefficient (Wildman–Crippen LogP) is 6.57. The number of rotatable bonds is 5. The molecule has 1 heterocycles. The van der Waals surface area contributed by atoms with Crippen LogP contribution in [-0.2, 0) is 22.9 Å². The standard InChI is InChI=1S/C30H34F4N2O/c1-19(2)29(27(37)35-17-21-12-23(30(32,33)34)14-24(31)13-21)15-25(16-29)36-11-10-28(20(3)18-36)9-8-22-6-4-5-7-26(22)28/h4-9,12-14,19-20,25H,10-11,15-18H2,1-3H3,(H,35,37)/t20-,25?,28-,29?/m0/s1. The Morgan fingerprint density at radius 3 is 2.57 bits per heavy atom. The number of fused-ring (bicyclic) bond motifs is 2. The van der Waals surface area contributed by atoms with Gasteiger partial charge in [0.05, 0.1) is 11.0 Å². The molecule has 2 aromatic rings. The molecule has 1 saturated heterocycles. The van der Waals surface area contributed by atoms with Gasteiger partial charge in [-0.25, -0.2) is 4.39 Å². The summed E-state index contributed by atoms with van der Waals surface area (Å²) in [7, 11) is 0. The summed E-state index contributed by atoms with van der Waals surface area (Å²) in [6, 6.07) is 11.3. The molecule has 1 saturated carbocycles. The van der Waals surface area contributed by atoms with Crippen molar-refractivity contribution in [2.75, 3.05) is 13.1 Å². The van der Waals surface area contributed by atoms with Crippen LogP contribution in [0.4, 0.5) is 17.6 Å². The van der Waals surface area contributed by atoms with Gasteiger partial charge in [0.1, 0.15) is 5.82 Å². The number of hydrogen-bond donors (Lipinski definition) is 1. The highest BCUT2D eigenvalue weighted by Gasteiger charge is 2.55. The molecule has 0 bridgehead atoms.